The molecule has 0 aliphatic heterocycles. The number of hydrogen-bond acceptors (Lipinski definition) is 0. The number of quaternary nitrogens is 1. The average molecular weight is 413 g/mol. The Hall–Kier alpha value is 0.730. The van der Waals surface area contributed by atoms with E-state index in [-0.39, 0.29) is 17.0 Å². The Labute approximate surface area is 162 Å². The standard InChI is InChI=1S/C20H43ClN.BrH/c1-4-7-10-13-17-22(20-16-21,18-14-11-8-5-2)19-15-12-9-6-3;/h4-20H2,1-3H3;1H/q+1;/p-1. The van der Waals surface area contributed by atoms with Crippen LogP contribution in [0.3, 0.4) is 0 Å². The summed E-state index contributed by atoms with van der Waals surface area (Å²) in [7, 11) is 0. The summed E-state index contributed by atoms with van der Waals surface area (Å²) in [6.45, 7) is 12.2. The van der Waals surface area contributed by atoms with Gasteiger partial charge < -0.3 is 21.5 Å². The summed E-state index contributed by atoms with van der Waals surface area (Å²) in [5.74, 6) is 0.829. The molecule has 0 aliphatic rings. The average Bonchev–Trinajstić information content (AvgIpc) is 2.53. The molecule has 0 aliphatic carbocycles. The molecule has 0 rings (SSSR count). The van der Waals surface area contributed by atoms with Crippen LogP contribution in [0.5, 0.6) is 0 Å². The Bertz CT molecular complexity index is 192. The van der Waals surface area contributed by atoms with Crippen LogP contribution in [0.2, 0.25) is 0 Å². The van der Waals surface area contributed by atoms with Crippen molar-refractivity contribution in [2.75, 3.05) is 32.1 Å². The molecule has 0 fully saturated rings. The van der Waals surface area contributed by atoms with Crippen molar-refractivity contribution in [1.82, 2.24) is 0 Å². The van der Waals surface area contributed by atoms with Gasteiger partial charge in [0.1, 0.15) is 0 Å². The van der Waals surface area contributed by atoms with Crippen molar-refractivity contribution in [3.8, 4) is 0 Å². The predicted octanol–water partition coefficient (Wildman–Crippen LogP) is 3.79. The molecule has 0 aromatic heterocycles. The zero-order valence-electron chi connectivity index (χ0n) is 16.2. The van der Waals surface area contributed by atoms with Crippen molar-refractivity contribution in [3.63, 3.8) is 0 Å². The minimum Gasteiger partial charge on any atom is -1.00 e. The molecule has 0 saturated carbocycles. The molecule has 0 aromatic rings. The van der Waals surface area contributed by atoms with Gasteiger partial charge in [-0.3, -0.25) is 0 Å². The molecule has 0 bridgehead atoms. The van der Waals surface area contributed by atoms with E-state index in [1.54, 1.807) is 0 Å². The first-order valence-corrected chi connectivity index (χ1v) is 10.7. The number of nitrogens with zero attached hydrogens (tertiary/aromatic N) is 1. The van der Waals surface area contributed by atoms with E-state index in [2.05, 4.69) is 20.8 Å². The Kier molecular flexibility index (Phi) is 21.5. The van der Waals surface area contributed by atoms with Crippen LogP contribution in [-0.2, 0) is 0 Å². The maximum absolute atomic E-state index is 6.19. The zero-order chi connectivity index (χ0) is 16.5. The summed E-state index contributed by atoms with van der Waals surface area (Å²) in [5, 5.41) is 0. The third kappa shape index (κ3) is 14.8. The molecule has 23 heavy (non-hydrogen) atoms. The lowest BCUT2D eigenvalue weighted by Gasteiger charge is -2.39. The number of unbranched alkanes of at least 4 members (excludes halogenated alkanes) is 9. The van der Waals surface area contributed by atoms with Crippen LogP contribution >= 0.6 is 11.6 Å². The number of halogens is 2. The third-order valence-electron chi connectivity index (χ3n) is 5.02. The molecule has 0 saturated heterocycles. The topological polar surface area (TPSA) is 0 Å². The van der Waals surface area contributed by atoms with E-state index >= 15 is 0 Å². The van der Waals surface area contributed by atoms with E-state index in [0.29, 0.717) is 0 Å². The summed E-state index contributed by atoms with van der Waals surface area (Å²) in [6, 6.07) is 0. The van der Waals surface area contributed by atoms with Crippen molar-refractivity contribution in [3.05, 3.63) is 0 Å². The maximum Gasteiger partial charge on any atom is 0.0924 e. The lowest BCUT2D eigenvalue weighted by atomic mass is 10.1. The molecular weight excluding hydrogens is 370 g/mol. The second kappa shape index (κ2) is 19.1. The van der Waals surface area contributed by atoms with Gasteiger partial charge in [0.2, 0.25) is 0 Å². The molecule has 0 atom stereocenters. The largest absolute Gasteiger partial charge is 1.00 e. The van der Waals surface area contributed by atoms with Gasteiger partial charge >= 0.3 is 0 Å². The molecule has 1 nitrogen and oxygen atoms in total. The summed E-state index contributed by atoms with van der Waals surface area (Å²) >= 11 is 6.19. The Morgan fingerprint density at radius 1 is 0.522 bits per heavy atom. The minimum absolute atomic E-state index is 0. The monoisotopic (exact) mass is 411 g/mol. The van der Waals surface area contributed by atoms with Crippen LogP contribution in [0.4, 0.5) is 0 Å². The van der Waals surface area contributed by atoms with Gasteiger partial charge in [-0.1, -0.05) is 59.3 Å². The second-order valence-electron chi connectivity index (χ2n) is 7.11. The summed E-state index contributed by atoms with van der Waals surface area (Å²) in [5.41, 5.74) is 0. The van der Waals surface area contributed by atoms with Gasteiger partial charge in [0.15, 0.2) is 0 Å². The first-order valence-electron chi connectivity index (χ1n) is 10.2. The van der Waals surface area contributed by atoms with Gasteiger partial charge in [-0.05, 0) is 38.5 Å². The molecule has 3 heteroatoms. The van der Waals surface area contributed by atoms with E-state index in [9.17, 15) is 0 Å². The molecule has 0 heterocycles. The maximum atomic E-state index is 6.19. The number of hydrogen-bond donors (Lipinski definition) is 0. The second-order valence-corrected chi connectivity index (χ2v) is 7.48. The number of rotatable bonds is 17. The molecule has 142 valence electrons. The van der Waals surface area contributed by atoms with Crippen molar-refractivity contribution in [2.24, 2.45) is 0 Å². The van der Waals surface area contributed by atoms with Gasteiger partial charge in [0, 0.05) is 0 Å². The quantitative estimate of drug-likeness (QED) is 0.194. The van der Waals surface area contributed by atoms with Crippen LogP contribution in [0, 0.1) is 0 Å². The van der Waals surface area contributed by atoms with Crippen molar-refractivity contribution < 1.29 is 21.5 Å². The fourth-order valence-electron chi connectivity index (χ4n) is 3.47. The van der Waals surface area contributed by atoms with Crippen LogP contribution in [0.25, 0.3) is 0 Å². The molecule has 0 unspecified atom stereocenters. The van der Waals surface area contributed by atoms with Gasteiger partial charge in [-0.25, -0.2) is 0 Å². The lowest BCUT2D eigenvalue weighted by molar-refractivity contribution is -0.926. The van der Waals surface area contributed by atoms with Gasteiger partial charge in [0.25, 0.3) is 0 Å². The van der Waals surface area contributed by atoms with Crippen molar-refractivity contribution in [2.45, 2.75) is 97.8 Å². The van der Waals surface area contributed by atoms with E-state index in [0.717, 1.165) is 5.88 Å². The summed E-state index contributed by atoms with van der Waals surface area (Å²) < 4.78 is 1.31. The molecular formula is C20H43BrClN. The highest BCUT2D eigenvalue weighted by Crippen LogP contribution is 2.17. The van der Waals surface area contributed by atoms with Crippen LogP contribution < -0.4 is 17.0 Å². The highest BCUT2D eigenvalue weighted by Gasteiger charge is 2.25. The van der Waals surface area contributed by atoms with Gasteiger partial charge in [0.05, 0.1) is 32.1 Å². The third-order valence-corrected chi connectivity index (χ3v) is 5.19. The number of alkyl halides is 1. The van der Waals surface area contributed by atoms with E-state index in [4.69, 9.17) is 11.6 Å². The van der Waals surface area contributed by atoms with Gasteiger partial charge in [-0.15, -0.1) is 11.6 Å². The highest BCUT2D eigenvalue weighted by atomic mass is 79.9. The lowest BCUT2D eigenvalue weighted by Crippen LogP contribution is -3.00. The predicted molar refractivity (Wildman–Crippen MR) is 103 cm³/mol. The first kappa shape index (κ1) is 26.0. The smallest absolute Gasteiger partial charge is 0.0924 e. The molecule has 0 aromatic carbocycles. The normalized spacial score (nSPS) is 11.5. The Balaban J connectivity index is 0. The van der Waals surface area contributed by atoms with E-state index < -0.39 is 0 Å². The SMILES string of the molecule is CCCCCC[N+](CCCl)(CCCCCC)CCCCCC.[Br-]. The van der Waals surface area contributed by atoms with Crippen LogP contribution in [0.15, 0.2) is 0 Å². The Morgan fingerprint density at radius 2 is 0.870 bits per heavy atom. The van der Waals surface area contributed by atoms with Crippen LogP contribution in [0.1, 0.15) is 97.8 Å². The van der Waals surface area contributed by atoms with E-state index in [1.807, 2.05) is 0 Å². The summed E-state index contributed by atoms with van der Waals surface area (Å²) in [6.07, 6.45) is 16.6. The fraction of sp³-hybridized carbons (Fsp3) is 1.00. The molecule has 0 radical (unpaired) electrons. The first-order chi connectivity index (χ1) is 10.7. The molecule has 0 spiro atoms. The van der Waals surface area contributed by atoms with Gasteiger partial charge in [-0.2, -0.15) is 0 Å². The summed E-state index contributed by atoms with van der Waals surface area (Å²) in [4.78, 5) is 0. The fourth-order valence-corrected chi connectivity index (χ4v) is 3.83. The zero-order valence-corrected chi connectivity index (χ0v) is 18.6. The molecule has 0 amide bonds. The highest BCUT2D eigenvalue weighted by molar-refractivity contribution is 6.17. The van der Waals surface area contributed by atoms with Crippen molar-refractivity contribution >= 4 is 11.6 Å². The molecule has 0 N–H and O–H groups in total. The Morgan fingerprint density at radius 3 is 1.13 bits per heavy atom. The van der Waals surface area contributed by atoms with E-state index in [1.165, 1.54) is 108 Å². The minimum atomic E-state index is 0. The van der Waals surface area contributed by atoms with Crippen LogP contribution in [-0.4, -0.2) is 36.5 Å². The van der Waals surface area contributed by atoms with Crippen molar-refractivity contribution in [1.29, 1.82) is 0 Å².